The van der Waals surface area contributed by atoms with Crippen molar-refractivity contribution < 1.29 is 9.59 Å². The van der Waals surface area contributed by atoms with E-state index in [0.29, 0.717) is 12.5 Å². The zero-order valence-electron chi connectivity index (χ0n) is 9.81. The number of nitrogens with one attached hydrogen (secondary N) is 1. The van der Waals surface area contributed by atoms with E-state index in [-0.39, 0.29) is 18.4 Å². The number of hydrogen-bond donors (Lipinski definition) is 1. The maximum Gasteiger partial charge on any atom is 0.239 e. The van der Waals surface area contributed by atoms with Gasteiger partial charge >= 0.3 is 0 Å². The van der Waals surface area contributed by atoms with Crippen molar-refractivity contribution in [3.05, 3.63) is 22.4 Å². The number of rotatable bonds is 5. The average Bonchev–Trinajstić information content (AvgIpc) is 2.93. The van der Waals surface area contributed by atoms with Crippen LogP contribution in [-0.4, -0.2) is 36.3 Å². The lowest BCUT2D eigenvalue weighted by molar-refractivity contribution is -0.134. The monoisotopic (exact) mass is 252 g/mol. The Bertz CT molecular complexity index is 399. The molecule has 0 aliphatic heterocycles. The van der Waals surface area contributed by atoms with Crippen LogP contribution in [0.4, 0.5) is 0 Å². The van der Waals surface area contributed by atoms with Crippen LogP contribution in [0.3, 0.4) is 0 Å². The molecule has 2 rings (SSSR count). The molecule has 0 aromatic carbocycles. The molecule has 1 heterocycles. The standard InChI is InChI=1S/C12H16N2O2S/c1-14(8-11(15)13-9-4-5-9)12(16)7-10-3-2-6-17-10/h2-3,6,9H,4-5,7-8H2,1H3,(H,13,15). The van der Waals surface area contributed by atoms with E-state index >= 15 is 0 Å². The van der Waals surface area contributed by atoms with Crippen LogP contribution < -0.4 is 5.32 Å². The Balaban J connectivity index is 1.76. The molecule has 1 aliphatic rings. The SMILES string of the molecule is CN(CC(=O)NC1CC1)C(=O)Cc1cccs1. The summed E-state index contributed by atoms with van der Waals surface area (Å²) < 4.78 is 0. The summed E-state index contributed by atoms with van der Waals surface area (Å²) in [7, 11) is 1.67. The van der Waals surface area contributed by atoms with Gasteiger partial charge < -0.3 is 10.2 Å². The largest absolute Gasteiger partial charge is 0.352 e. The van der Waals surface area contributed by atoms with Crippen LogP contribution in [0.5, 0.6) is 0 Å². The van der Waals surface area contributed by atoms with Crippen molar-refractivity contribution in [1.82, 2.24) is 10.2 Å². The summed E-state index contributed by atoms with van der Waals surface area (Å²) in [6, 6.07) is 4.21. The number of hydrogen-bond acceptors (Lipinski definition) is 3. The summed E-state index contributed by atoms with van der Waals surface area (Å²) in [5, 5.41) is 4.82. The van der Waals surface area contributed by atoms with Gasteiger partial charge in [0.1, 0.15) is 0 Å². The Labute approximate surface area is 105 Å². The van der Waals surface area contributed by atoms with Crippen molar-refractivity contribution in [1.29, 1.82) is 0 Å². The van der Waals surface area contributed by atoms with Crippen molar-refractivity contribution in [2.75, 3.05) is 13.6 Å². The third kappa shape index (κ3) is 3.85. The highest BCUT2D eigenvalue weighted by Crippen LogP contribution is 2.18. The lowest BCUT2D eigenvalue weighted by atomic mass is 10.3. The van der Waals surface area contributed by atoms with Gasteiger partial charge in [-0.1, -0.05) is 6.07 Å². The molecule has 1 saturated carbocycles. The summed E-state index contributed by atoms with van der Waals surface area (Å²) in [5.74, 6) is -0.0760. The highest BCUT2D eigenvalue weighted by molar-refractivity contribution is 7.10. The zero-order valence-corrected chi connectivity index (χ0v) is 10.6. The summed E-state index contributed by atoms with van der Waals surface area (Å²) in [5.41, 5.74) is 0. The van der Waals surface area contributed by atoms with E-state index in [1.165, 1.54) is 4.90 Å². The Hall–Kier alpha value is -1.36. The molecule has 0 bridgehead atoms. The second-order valence-corrected chi connectivity index (χ2v) is 5.38. The first-order valence-corrected chi connectivity index (χ1v) is 6.59. The highest BCUT2D eigenvalue weighted by atomic mass is 32.1. The van der Waals surface area contributed by atoms with Gasteiger partial charge in [0.2, 0.25) is 11.8 Å². The smallest absolute Gasteiger partial charge is 0.239 e. The Morgan fingerprint density at radius 2 is 2.29 bits per heavy atom. The second kappa shape index (κ2) is 5.31. The van der Waals surface area contributed by atoms with E-state index in [0.717, 1.165) is 17.7 Å². The molecule has 0 spiro atoms. The summed E-state index contributed by atoms with van der Waals surface area (Å²) >= 11 is 1.56. The van der Waals surface area contributed by atoms with Crippen LogP contribution in [0.25, 0.3) is 0 Å². The molecule has 4 nitrogen and oxygen atoms in total. The van der Waals surface area contributed by atoms with E-state index in [1.54, 1.807) is 18.4 Å². The van der Waals surface area contributed by atoms with Gasteiger partial charge in [0, 0.05) is 18.0 Å². The minimum absolute atomic E-state index is 0.0154. The average molecular weight is 252 g/mol. The van der Waals surface area contributed by atoms with Crippen molar-refractivity contribution in [3.63, 3.8) is 0 Å². The molecule has 0 radical (unpaired) electrons. The van der Waals surface area contributed by atoms with E-state index in [9.17, 15) is 9.59 Å². The van der Waals surface area contributed by atoms with Crippen molar-refractivity contribution >= 4 is 23.2 Å². The molecule has 5 heteroatoms. The van der Waals surface area contributed by atoms with Crippen molar-refractivity contribution in [2.45, 2.75) is 25.3 Å². The Morgan fingerprint density at radius 1 is 1.53 bits per heavy atom. The van der Waals surface area contributed by atoms with Crippen LogP contribution in [0.1, 0.15) is 17.7 Å². The predicted molar refractivity (Wildman–Crippen MR) is 66.8 cm³/mol. The fraction of sp³-hybridized carbons (Fsp3) is 0.500. The normalized spacial score (nSPS) is 14.4. The number of amides is 2. The molecule has 0 unspecified atom stereocenters. The minimum Gasteiger partial charge on any atom is -0.352 e. The maximum atomic E-state index is 11.8. The van der Waals surface area contributed by atoms with Crippen LogP contribution in [0.2, 0.25) is 0 Å². The van der Waals surface area contributed by atoms with Gasteiger partial charge in [0.15, 0.2) is 0 Å². The third-order valence-corrected chi connectivity index (χ3v) is 3.53. The fourth-order valence-electron chi connectivity index (χ4n) is 1.50. The number of likely N-dealkylation sites (N-methyl/N-ethyl adjacent to an activating group) is 1. The molecular formula is C12H16N2O2S. The number of nitrogens with zero attached hydrogens (tertiary/aromatic N) is 1. The summed E-state index contributed by atoms with van der Waals surface area (Å²) in [6.45, 7) is 0.153. The molecule has 17 heavy (non-hydrogen) atoms. The molecule has 2 amide bonds. The summed E-state index contributed by atoms with van der Waals surface area (Å²) in [4.78, 5) is 25.8. The van der Waals surface area contributed by atoms with E-state index < -0.39 is 0 Å². The van der Waals surface area contributed by atoms with Gasteiger partial charge in [-0.15, -0.1) is 11.3 Å². The molecule has 92 valence electrons. The van der Waals surface area contributed by atoms with E-state index in [4.69, 9.17) is 0 Å². The molecule has 0 atom stereocenters. The minimum atomic E-state index is -0.0606. The van der Waals surface area contributed by atoms with Gasteiger partial charge in [0.25, 0.3) is 0 Å². The van der Waals surface area contributed by atoms with Gasteiger partial charge in [-0.2, -0.15) is 0 Å². The Morgan fingerprint density at radius 3 is 2.88 bits per heavy atom. The molecule has 1 fully saturated rings. The van der Waals surface area contributed by atoms with E-state index in [2.05, 4.69) is 5.32 Å². The zero-order chi connectivity index (χ0) is 12.3. The van der Waals surface area contributed by atoms with Crippen molar-refractivity contribution in [2.24, 2.45) is 0 Å². The molecular weight excluding hydrogens is 236 g/mol. The van der Waals surface area contributed by atoms with Crippen LogP contribution in [0.15, 0.2) is 17.5 Å². The lowest BCUT2D eigenvalue weighted by Crippen LogP contribution is -2.39. The number of carbonyl (C=O) groups is 2. The molecule has 1 aromatic heterocycles. The molecule has 1 aliphatic carbocycles. The molecule has 1 N–H and O–H groups in total. The molecule has 0 saturated heterocycles. The van der Waals surface area contributed by atoms with Crippen LogP contribution in [-0.2, 0) is 16.0 Å². The van der Waals surface area contributed by atoms with Gasteiger partial charge in [0.05, 0.1) is 13.0 Å². The number of carbonyl (C=O) groups excluding carboxylic acids is 2. The first kappa shape index (κ1) is 12.1. The third-order valence-electron chi connectivity index (χ3n) is 2.65. The Kier molecular flexibility index (Phi) is 3.78. The van der Waals surface area contributed by atoms with Crippen molar-refractivity contribution in [3.8, 4) is 0 Å². The summed E-state index contributed by atoms with van der Waals surface area (Å²) in [6.07, 6.45) is 2.52. The van der Waals surface area contributed by atoms with Gasteiger partial charge in [-0.25, -0.2) is 0 Å². The molecule has 1 aromatic rings. The second-order valence-electron chi connectivity index (χ2n) is 4.35. The van der Waals surface area contributed by atoms with Crippen LogP contribution in [0, 0.1) is 0 Å². The lowest BCUT2D eigenvalue weighted by Gasteiger charge is -2.16. The van der Waals surface area contributed by atoms with E-state index in [1.807, 2.05) is 17.5 Å². The predicted octanol–water partition coefficient (Wildman–Crippen LogP) is 1.03. The number of thiophene rings is 1. The fourth-order valence-corrected chi connectivity index (χ4v) is 2.20. The first-order valence-electron chi connectivity index (χ1n) is 5.71. The van der Waals surface area contributed by atoms with Gasteiger partial charge in [-0.3, -0.25) is 9.59 Å². The topological polar surface area (TPSA) is 49.4 Å². The highest BCUT2D eigenvalue weighted by Gasteiger charge is 2.24. The van der Waals surface area contributed by atoms with Crippen LogP contribution >= 0.6 is 11.3 Å². The quantitative estimate of drug-likeness (QED) is 0.851. The first-order chi connectivity index (χ1) is 8.15. The maximum absolute atomic E-state index is 11.8. The van der Waals surface area contributed by atoms with Gasteiger partial charge in [-0.05, 0) is 24.3 Å².